The summed E-state index contributed by atoms with van der Waals surface area (Å²) in [6.45, 7) is 6.62. The Bertz CT molecular complexity index is 1310. The Kier molecular flexibility index (Phi) is 6.15. The van der Waals surface area contributed by atoms with Crippen LogP contribution in [0.1, 0.15) is 11.3 Å². The van der Waals surface area contributed by atoms with Crippen molar-refractivity contribution >= 4 is 22.3 Å². The van der Waals surface area contributed by atoms with Gasteiger partial charge in [-0.05, 0) is 60.7 Å². The Morgan fingerprint density at radius 3 is 2.64 bits per heavy atom. The third-order valence-electron chi connectivity index (χ3n) is 5.94. The molecule has 4 aromatic rings. The normalized spacial score (nSPS) is 14.5. The van der Waals surface area contributed by atoms with Gasteiger partial charge in [-0.25, -0.2) is 4.98 Å². The largest absolute Gasteiger partial charge is 0.379 e. The van der Waals surface area contributed by atoms with Crippen LogP contribution in [0.15, 0.2) is 65.6 Å². The Morgan fingerprint density at radius 1 is 1.03 bits per heavy atom. The van der Waals surface area contributed by atoms with Crippen LogP contribution < -0.4 is 10.9 Å². The maximum Gasteiger partial charge on any atom is 0.259 e. The molecule has 5 rings (SSSR count). The molecule has 33 heavy (non-hydrogen) atoms. The van der Waals surface area contributed by atoms with Gasteiger partial charge in [0.15, 0.2) is 0 Å². The van der Waals surface area contributed by atoms with Gasteiger partial charge in [-0.3, -0.25) is 14.7 Å². The minimum atomic E-state index is -0.173. The number of rotatable bonds is 6. The van der Waals surface area contributed by atoms with Crippen LogP contribution in [0.3, 0.4) is 0 Å². The number of nitrogens with one attached hydrogen (secondary N) is 2. The van der Waals surface area contributed by atoms with Crippen molar-refractivity contribution in [3.63, 3.8) is 0 Å². The van der Waals surface area contributed by atoms with E-state index >= 15 is 0 Å². The van der Waals surface area contributed by atoms with Crippen LogP contribution in [-0.4, -0.2) is 52.7 Å². The van der Waals surface area contributed by atoms with Crippen LogP contribution in [0.5, 0.6) is 0 Å². The minimum absolute atomic E-state index is 0.173. The summed E-state index contributed by atoms with van der Waals surface area (Å²) in [7, 11) is 0. The van der Waals surface area contributed by atoms with Crippen molar-refractivity contribution in [1.82, 2.24) is 19.9 Å². The summed E-state index contributed by atoms with van der Waals surface area (Å²) < 4.78 is 5.42. The average molecular weight is 442 g/mol. The summed E-state index contributed by atoms with van der Waals surface area (Å²) in [4.78, 5) is 27.2. The molecule has 0 spiro atoms. The zero-order valence-electron chi connectivity index (χ0n) is 18.7. The molecule has 2 N–H and O–H groups in total. The maximum absolute atomic E-state index is 12.6. The summed E-state index contributed by atoms with van der Waals surface area (Å²) in [5.74, 6) is 0.522. The number of hydrogen-bond donors (Lipinski definition) is 2. The molecule has 1 aliphatic rings. The third kappa shape index (κ3) is 4.94. The van der Waals surface area contributed by atoms with Gasteiger partial charge in [0.25, 0.3) is 5.56 Å². The van der Waals surface area contributed by atoms with E-state index in [9.17, 15) is 4.79 Å². The summed E-state index contributed by atoms with van der Waals surface area (Å²) >= 11 is 0. The predicted octanol–water partition coefficient (Wildman–Crippen LogP) is 3.91. The zero-order chi connectivity index (χ0) is 22.6. The fourth-order valence-corrected chi connectivity index (χ4v) is 4.13. The molecule has 7 heteroatoms. The van der Waals surface area contributed by atoms with E-state index in [4.69, 9.17) is 9.72 Å². The van der Waals surface area contributed by atoms with Gasteiger partial charge in [0.1, 0.15) is 5.82 Å². The zero-order valence-corrected chi connectivity index (χ0v) is 18.7. The van der Waals surface area contributed by atoms with E-state index in [0.29, 0.717) is 11.2 Å². The van der Waals surface area contributed by atoms with Gasteiger partial charge in [0.2, 0.25) is 0 Å². The molecule has 1 aliphatic heterocycles. The number of aryl methyl sites for hydroxylation is 1. The Morgan fingerprint density at radius 2 is 1.85 bits per heavy atom. The number of benzene rings is 1. The van der Waals surface area contributed by atoms with Crippen LogP contribution in [0.25, 0.3) is 22.2 Å². The van der Waals surface area contributed by atoms with E-state index in [1.54, 1.807) is 6.20 Å². The number of anilines is 2. The van der Waals surface area contributed by atoms with E-state index in [-0.39, 0.29) is 5.56 Å². The van der Waals surface area contributed by atoms with Crippen molar-refractivity contribution in [2.75, 3.05) is 38.2 Å². The molecule has 0 atom stereocenters. The molecule has 168 valence electrons. The Labute approximate surface area is 192 Å². The van der Waals surface area contributed by atoms with Crippen LogP contribution in [0.2, 0.25) is 0 Å². The van der Waals surface area contributed by atoms with Crippen molar-refractivity contribution in [2.24, 2.45) is 0 Å². The summed E-state index contributed by atoms with van der Waals surface area (Å²) in [5.41, 5.74) is 4.41. The van der Waals surface area contributed by atoms with Gasteiger partial charge in [-0.1, -0.05) is 18.2 Å². The topological polar surface area (TPSA) is 83.1 Å². The smallest absolute Gasteiger partial charge is 0.259 e. The van der Waals surface area contributed by atoms with Gasteiger partial charge >= 0.3 is 0 Å². The first-order valence-corrected chi connectivity index (χ1v) is 11.3. The Balaban J connectivity index is 1.41. The Hall–Kier alpha value is -3.55. The first-order chi connectivity index (χ1) is 16.2. The molecule has 0 unspecified atom stereocenters. The lowest BCUT2D eigenvalue weighted by Crippen LogP contribution is -2.37. The second-order valence-corrected chi connectivity index (χ2v) is 8.32. The lowest BCUT2D eigenvalue weighted by Gasteiger charge is -2.26. The molecule has 1 fully saturated rings. The number of H-pyrrole nitrogens is 1. The average Bonchev–Trinajstić information content (AvgIpc) is 2.84. The van der Waals surface area contributed by atoms with Crippen molar-refractivity contribution in [2.45, 2.75) is 13.3 Å². The first-order valence-electron chi connectivity index (χ1n) is 11.3. The van der Waals surface area contributed by atoms with Crippen LogP contribution in [0.4, 0.5) is 11.5 Å². The second kappa shape index (κ2) is 9.52. The number of pyridine rings is 3. The summed E-state index contributed by atoms with van der Waals surface area (Å²) in [6.07, 6.45) is 2.65. The lowest BCUT2D eigenvalue weighted by atomic mass is 10.1. The fourth-order valence-electron chi connectivity index (χ4n) is 4.13. The van der Waals surface area contributed by atoms with Crippen molar-refractivity contribution in [3.8, 4) is 11.4 Å². The van der Waals surface area contributed by atoms with Crippen molar-refractivity contribution < 1.29 is 4.74 Å². The number of nitrogens with zero attached hydrogens (tertiary/aromatic N) is 3. The monoisotopic (exact) mass is 441 g/mol. The van der Waals surface area contributed by atoms with Crippen LogP contribution >= 0.6 is 0 Å². The maximum atomic E-state index is 12.6. The summed E-state index contributed by atoms with van der Waals surface area (Å²) in [5, 5.41) is 4.71. The quantitative estimate of drug-likeness (QED) is 0.472. The predicted molar refractivity (Wildman–Crippen MR) is 131 cm³/mol. The minimum Gasteiger partial charge on any atom is -0.379 e. The van der Waals surface area contributed by atoms with Crippen LogP contribution in [-0.2, 0) is 11.2 Å². The molecule has 0 amide bonds. The van der Waals surface area contributed by atoms with E-state index < -0.39 is 0 Å². The molecule has 0 bridgehead atoms. The highest BCUT2D eigenvalue weighted by atomic mass is 16.5. The van der Waals surface area contributed by atoms with Gasteiger partial charge in [0, 0.05) is 37.2 Å². The standard InChI is InChI=1S/C26H27N5O2/c1-18-3-2-4-22(28-18)23-17-20-9-11-27-26(32)24(20)25(30-23)29-21-7-5-19(6-8-21)10-12-31-13-15-33-16-14-31/h2-9,11,17H,10,12-16H2,1H3,(H,27,32)(H,29,30). The number of aromatic amines is 1. The summed E-state index contributed by atoms with van der Waals surface area (Å²) in [6, 6.07) is 18.0. The van der Waals surface area contributed by atoms with Gasteiger partial charge in [-0.15, -0.1) is 0 Å². The highest BCUT2D eigenvalue weighted by Crippen LogP contribution is 2.27. The second-order valence-electron chi connectivity index (χ2n) is 8.32. The van der Waals surface area contributed by atoms with Crippen molar-refractivity contribution in [1.29, 1.82) is 0 Å². The van der Waals surface area contributed by atoms with Crippen molar-refractivity contribution in [3.05, 3.63) is 82.4 Å². The third-order valence-corrected chi connectivity index (χ3v) is 5.94. The number of ether oxygens (including phenoxy) is 1. The molecular formula is C26H27N5O2. The molecule has 0 saturated carbocycles. The van der Waals surface area contributed by atoms with Gasteiger partial charge in [-0.2, -0.15) is 0 Å². The molecule has 4 heterocycles. The fraction of sp³-hybridized carbons (Fsp3) is 0.269. The highest BCUT2D eigenvalue weighted by molar-refractivity contribution is 5.94. The van der Waals surface area contributed by atoms with Gasteiger partial charge in [0.05, 0.1) is 30.0 Å². The number of hydrogen-bond acceptors (Lipinski definition) is 6. The number of aromatic nitrogens is 3. The number of morpholine rings is 1. The number of fused-ring (bicyclic) bond motifs is 1. The van der Waals surface area contributed by atoms with E-state index in [1.165, 1.54) is 5.56 Å². The molecule has 3 aromatic heterocycles. The molecule has 0 aliphatic carbocycles. The molecule has 0 radical (unpaired) electrons. The SMILES string of the molecule is Cc1cccc(-c2cc3cc[nH]c(=O)c3c(Nc3ccc(CCN4CCOCC4)cc3)n2)n1. The molecule has 1 aromatic carbocycles. The van der Waals surface area contributed by atoms with Crippen LogP contribution in [0, 0.1) is 6.92 Å². The molecule has 1 saturated heterocycles. The van der Waals surface area contributed by atoms with E-state index in [1.807, 2.05) is 49.4 Å². The molecular weight excluding hydrogens is 414 g/mol. The molecule has 7 nitrogen and oxygen atoms in total. The van der Waals surface area contributed by atoms with E-state index in [0.717, 1.165) is 67.4 Å². The first kappa shape index (κ1) is 21.3. The lowest BCUT2D eigenvalue weighted by molar-refractivity contribution is 0.0384. The highest BCUT2D eigenvalue weighted by Gasteiger charge is 2.13. The van der Waals surface area contributed by atoms with E-state index in [2.05, 4.69) is 32.3 Å². The van der Waals surface area contributed by atoms with Gasteiger partial charge < -0.3 is 15.0 Å².